The summed E-state index contributed by atoms with van der Waals surface area (Å²) < 4.78 is 33.3. The van der Waals surface area contributed by atoms with E-state index in [9.17, 15) is 23.5 Å². The molecule has 1 N–H and O–H groups in total. The molecule has 0 bridgehead atoms. The molecule has 0 unspecified atom stereocenters. The van der Waals surface area contributed by atoms with Crippen molar-refractivity contribution < 1.29 is 28.2 Å². The number of rotatable bonds is 6. The third-order valence-electron chi connectivity index (χ3n) is 4.09. The van der Waals surface area contributed by atoms with Crippen molar-refractivity contribution in [3.05, 3.63) is 76.5 Å². The zero-order chi connectivity index (χ0) is 19.6. The molecule has 2 aromatic rings. The average molecular weight is 394 g/mol. The van der Waals surface area contributed by atoms with Crippen molar-refractivity contribution in [2.24, 2.45) is 0 Å². The summed E-state index contributed by atoms with van der Waals surface area (Å²) in [5.74, 6) is -3.23. The number of carbonyl (C=O) groups excluding carboxylic acids is 1. The van der Waals surface area contributed by atoms with Crippen molar-refractivity contribution in [3.8, 4) is 5.75 Å². The van der Waals surface area contributed by atoms with Gasteiger partial charge in [0, 0.05) is 18.1 Å². The first-order valence-corrected chi connectivity index (χ1v) is 8.34. The highest BCUT2D eigenvalue weighted by Crippen LogP contribution is 2.28. The molecular weight excluding hydrogens is 380 g/mol. The van der Waals surface area contributed by atoms with Crippen molar-refractivity contribution in [1.82, 2.24) is 4.90 Å². The molecule has 1 aliphatic heterocycles. The van der Waals surface area contributed by atoms with E-state index in [4.69, 9.17) is 16.3 Å². The molecule has 1 aliphatic rings. The summed E-state index contributed by atoms with van der Waals surface area (Å²) in [6.07, 6.45) is 0.629. The van der Waals surface area contributed by atoms with Crippen LogP contribution in [0.25, 0.3) is 0 Å². The molecule has 1 heterocycles. The predicted molar refractivity (Wildman–Crippen MR) is 93.4 cm³/mol. The number of hydrogen-bond donors (Lipinski definition) is 1. The first-order valence-electron chi connectivity index (χ1n) is 7.96. The molecule has 27 heavy (non-hydrogen) atoms. The summed E-state index contributed by atoms with van der Waals surface area (Å²) in [7, 11) is 0. The van der Waals surface area contributed by atoms with Gasteiger partial charge in [-0.2, -0.15) is 0 Å². The van der Waals surface area contributed by atoms with Crippen LogP contribution in [0.3, 0.4) is 0 Å². The summed E-state index contributed by atoms with van der Waals surface area (Å²) in [6, 6.07) is 8.40. The van der Waals surface area contributed by atoms with E-state index in [1.54, 1.807) is 24.3 Å². The Morgan fingerprint density at radius 3 is 2.48 bits per heavy atom. The van der Waals surface area contributed by atoms with E-state index in [0.717, 1.165) is 23.1 Å². The van der Waals surface area contributed by atoms with Gasteiger partial charge in [0.05, 0.1) is 11.6 Å². The van der Waals surface area contributed by atoms with Crippen LogP contribution in [-0.4, -0.2) is 34.5 Å². The lowest BCUT2D eigenvalue weighted by molar-refractivity contribution is -0.147. The quantitative estimate of drug-likeness (QED) is 0.816. The number of nitrogens with zero attached hydrogens (tertiary/aromatic N) is 1. The second kappa shape index (κ2) is 7.75. The molecule has 1 amide bonds. The van der Waals surface area contributed by atoms with E-state index >= 15 is 0 Å². The monoisotopic (exact) mass is 393 g/mol. The lowest BCUT2D eigenvalue weighted by Crippen LogP contribution is -2.44. The molecule has 0 aromatic heterocycles. The number of hydrogen-bond acceptors (Lipinski definition) is 3. The Kier molecular flexibility index (Phi) is 5.41. The first kappa shape index (κ1) is 18.8. The number of benzene rings is 2. The molecule has 0 saturated carbocycles. The number of halogens is 3. The van der Waals surface area contributed by atoms with Gasteiger partial charge in [0.2, 0.25) is 0 Å². The van der Waals surface area contributed by atoms with E-state index in [0.29, 0.717) is 10.8 Å². The summed E-state index contributed by atoms with van der Waals surface area (Å²) in [5, 5.41) is 9.82. The normalized spacial score (nSPS) is 14.9. The summed E-state index contributed by atoms with van der Waals surface area (Å²) in [6.45, 7) is -0.156. The summed E-state index contributed by atoms with van der Waals surface area (Å²) >= 11 is 6.00. The predicted octanol–water partition coefficient (Wildman–Crippen LogP) is 3.42. The van der Waals surface area contributed by atoms with E-state index in [1.165, 1.54) is 6.07 Å². The van der Waals surface area contributed by atoms with Gasteiger partial charge in [-0.05, 0) is 24.3 Å². The zero-order valence-corrected chi connectivity index (χ0v) is 14.6. The zero-order valence-electron chi connectivity index (χ0n) is 13.9. The van der Waals surface area contributed by atoms with Crippen molar-refractivity contribution in [2.75, 3.05) is 6.54 Å². The van der Waals surface area contributed by atoms with Crippen molar-refractivity contribution >= 4 is 23.5 Å². The van der Waals surface area contributed by atoms with Crippen LogP contribution in [0.4, 0.5) is 8.78 Å². The van der Waals surface area contributed by atoms with E-state index in [2.05, 4.69) is 0 Å². The standard InChI is InChI=1S/C19H14ClF2NO4/c20-13-4-1-2-7-17(13)27-11-8-18(24)23(10-11)16(19(25)26)9-12-14(21)5-3-6-15(12)22/h1-8,16H,9-10H2,(H,25,26)/t16-/m0/s1. The third kappa shape index (κ3) is 4.09. The Bertz CT molecular complexity index is 911. The molecule has 0 saturated heterocycles. The molecule has 1 atom stereocenters. The SMILES string of the molecule is O=C(O)[C@H](Cc1c(F)cccc1F)N1CC(Oc2ccccc2Cl)=CC1=O. The van der Waals surface area contributed by atoms with Gasteiger partial charge in [0.25, 0.3) is 5.91 Å². The minimum atomic E-state index is -1.45. The highest BCUT2D eigenvalue weighted by molar-refractivity contribution is 6.32. The number of ether oxygens (including phenoxy) is 1. The van der Waals surface area contributed by atoms with Crippen LogP contribution in [0.15, 0.2) is 54.3 Å². The number of carboxylic acid groups (broad SMARTS) is 1. The Morgan fingerprint density at radius 2 is 1.85 bits per heavy atom. The van der Waals surface area contributed by atoms with Crippen LogP contribution < -0.4 is 4.74 Å². The minimum Gasteiger partial charge on any atom is -0.480 e. The van der Waals surface area contributed by atoms with E-state index in [-0.39, 0.29) is 12.3 Å². The molecule has 0 radical (unpaired) electrons. The Balaban J connectivity index is 1.79. The van der Waals surface area contributed by atoms with Crippen LogP contribution in [0.2, 0.25) is 5.02 Å². The molecule has 0 spiro atoms. The fraction of sp³-hybridized carbons (Fsp3) is 0.158. The number of amides is 1. The molecule has 2 aromatic carbocycles. The van der Waals surface area contributed by atoms with Gasteiger partial charge >= 0.3 is 5.97 Å². The lowest BCUT2D eigenvalue weighted by Gasteiger charge is -2.25. The van der Waals surface area contributed by atoms with E-state index < -0.39 is 41.5 Å². The molecule has 0 aliphatic carbocycles. The summed E-state index contributed by atoms with van der Waals surface area (Å²) in [4.78, 5) is 24.9. The smallest absolute Gasteiger partial charge is 0.326 e. The van der Waals surface area contributed by atoms with Gasteiger partial charge in [0.15, 0.2) is 0 Å². The number of carbonyl (C=O) groups is 2. The Morgan fingerprint density at radius 1 is 1.19 bits per heavy atom. The number of para-hydroxylation sites is 1. The Labute approximate surface area is 158 Å². The molecule has 3 rings (SSSR count). The molecule has 8 heteroatoms. The summed E-state index contributed by atoms with van der Waals surface area (Å²) in [5.41, 5.74) is -0.391. The van der Waals surface area contributed by atoms with Gasteiger partial charge in [0.1, 0.15) is 29.2 Å². The second-order valence-electron chi connectivity index (χ2n) is 5.87. The number of carboxylic acids is 1. The van der Waals surface area contributed by atoms with Gasteiger partial charge in [-0.25, -0.2) is 13.6 Å². The van der Waals surface area contributed by atoms with Gasteiger partial charge < -0.3 is 14.7 Å². The maximum atomic E-state index is 13.9. The Hall–Kier alpha value is -2.93. The van der Waals surface area contributed by atoms with Crippen LogP contribution in [0, 0.1) is 11.6 Å². The van der Waals surface area contributed by atoms with Crippen molar-refractivity contribution in [1.29, 1.82) is 0 Å². The van der Waals surface area contributed by atoms with Crippen LogP contribution in [0.1, 0.15) is 5.56 Å². The van der Waals surface area contributed by atoms with Gasteiger partial charge in [-0.1, -0.05) is 29.8 Å². The van der Waals surface area contributed by atoms with Crippen molar-refractivity contribution in [2.45, 2.75) is 12.5 Å². The largest absolute Gasteiger partial charge is 0.480 e. The van der Waals surface area contributed by atoms with Crippen LogP contribution in [-0.2, 0) is 16.0 Å². The number of aliphatic carboxylic acids is 1. The fourth-order valence-corrected chi connectivity index (χ4v) is 2.93. The lowest BCUT2D eigenvalue weighted by atomic mass is 10.0. The van der Waals surface area contributed by atoms with Gasteiger partial charge in [-0.3, -0.25) is 4.79 Å². The molecule has 140 valence electrons. The van der Waals surface area contributed by atoms with Gasteiger partial charge in [-0.15, -0.1) is 0 Å². The fourth-order valence-electron chi connectivity index (χ4n) is 2.76. The highest BCUT2D eigenvalue weighted by Gasteiger charge is 2.35. The highest BCUT2D eigenvalue weighted by atomic mass is 35.5. The third-order valence-corrected chi connectivity index (χ3v) is 4.40. The maximum Gasteiger partial charge on any atom is 0.326 e. The second-order valence-corrected chi connectivity index (χ2v) is 6.27. The van der Waals surface area contributed by atoms with Crippen LogP contribution in [0.5, 0.6) is 5.75 Å². The molecule has 0 fully saturated rings. The maximum absolute atomic E-state index is 13.9. The minimum absolute atomic E-state index is 0.156. The first-order chi connectivity index (χ1) is 12.9. The van der Waals surface area contributed by atoms with E-state index in [1.807, 2.05) is 0 Å². The average Bonchev–Trinajstić information content (AvgIpc) is 2.96. The molecule has 5 nitrogen and oxygen atoms in total. The molecular formula is C19H14ClF2NO4. The topological polar surface area (TPSA) is 66.8 Å². The van der Waals surface area contributed by atoms with Crippen molar-refractivity contribution in [3.63, 3.8) is 0 Å². The van der Waals surface area contributed by atoms with Crippen LogP contribution >= 0.6 is 11.6 Å².